The van der Waals surface area contributed by atoms with Crippen molar-refractivity contribution in [3.8, 4) is 0 Å². The van der Waals surface area contributed by atoms with Crippen molar-refractivity contribution in [1.82, 2.24) is 0 Å². The van der Waals surface area contributed by atoms with Crippen LogP contribution in [0.3, 0.4) is 0 Å². The van der Waals surface area contributed by atoms with Gasteiger partial charge in [-0.1, -0.05) is 26.8 Å². The Morgan fingerprint density at radius 1 is 1.05 bits per heavy atom. The van der Waals surface area contributed by atoms with Gasteiger partial charge in [-0.05, 0) is 58.3 Å². The minimum Gasteiger partial charge on any atom is -0.463 e. The van der Waals surface area contributed by atoms with E-state index in [2.05, 4.69) is 13.8 Å². The van der Waals surface area contributed by atoms with Crippen LogP contribution in [0.1, 0.15) is 74.1 Å². The number of rotatable bonds is 7. The predicted octanol–water partition coefficient (Wildman–Crippen LogP) is 1.85. The fourth-order valence-electron chi connectivity index (χ4n) is 6.64. The Hall–Kier alpha value is -1.56. The molecule has 38 heavy (non-hydrogen) atoms. The molecule has 218 valence electrons. The van der Waals surface area contributed by atoms with Crippen molar-refractivity contribution >= 4 is 11.9 Å². The molecule has 0 amide bonds. The second kappa shape index (κ2) is 11.9. The molecule has 0 aromatic heterocycles. The SMILES string of the molecule is CC=C(C)C(=O)OC1C(O)C(COC(C)=O)OC(OC2C(C(C)C)CCC3(C)C(O)CCC(C)(O)C23)C1O. The summed E-state index contributed by atoms with van der Waals surface area (Å²) in [7, 11) is 0. The van der Waals surface area contributed by atoms with Crippen molar-refractivity contribution < 1.29 is 49.0 Å². The van der Waals surface area contributed by atoms with E-state index < -0.39 is 71.8 Å². The zero-order valence-corrected chi connectivity index (χ0v) is 23.6. The number of aliphatic hydroxyl groups excluding tert-OH is 3. The molecular formula is C28H46O10. The van der Waals surface area contributed by atoms with Crippen molar-refractivity contribution in [1.29, 1.82) is 0 Å². The Kier molecular flexibility index (Phi) is 9.70. The molecule has 3 rings (SSSR count). The summed E-state index contributed by atoms with van der Waals surface area (Å²) in [6.07, 6.45) is -4.33. The molecule has 1 aliphatic heterocycles. The summed E-state index contributed by atoms with van der Waals surface area (Å²) in [4.78, 5) is 24.0. The lowest BCUT2D eigenvalue weighted by Gasteiger charge is -2.60. The lowest BCUT2D eigenvalue weighted by molar-refractivity contribution is -0.339. The van der Waals surface area contributed by atoms with Gasteiger partial charge in [-0.2, -0.15) is 0 Å². The summed E-state index contributed by atoms with van der Waals surface area (Å²) in [6.45, 7) is 12.0. The summed E-state index contributed by atoms with van der Waals surface area (Å²) in [5.41, 5.74) is -1.47. The van der Waals surface area contributed by atoms with E-state index in [-0.39, 0.29) is 18.4 Å². The molecule has 3 fully saturated rings. The van der Waals surface area contributed by atoms with Crippen LogP contribution in [0.4, 0.5) is 0 Å². The number of fused-ring (bicyclic) bond motifs is 1. The normalized spacial score (nSPS) is 43.9. The summed E-state index contributed by atoms with van der Waals surface area (Å²) < 4.78 is 23.0. The molecule has 0 aromatic rings. The average Bonchev–Trinajstić information content (AvgIpc) is 2.84. The lowest BCUT2D eigenvalue weighted by Crippen LogP contribution is -2.66. The minimum atomic E-state index is -1.56. The molecule has 2 saturated carbocycles. The maximum absolute atomic E-state index is 12.6. The number of allylic oxidation sites excluding steroid dienone is 1. The smallest absolute Gasteiger partial charge is 0.333 e. The van der Waals surface area contributed by atoms with E-state index >= 15 is 0 Å². The van der Waals surface area contributed by atoms with E-state index in [1.807, 2.05) is 6.92 Å². The van der Waals surface area contributed by atoms with Gasteiger partial charge in [0.2, 0.25) is 0 Å². The van der Waals surface area contributed by atoms with Crippen molar-refractivity contribution in [2.45, 2.75) is 123 Å². The van der Waals surface area contributed by atoms with Gasteiger partial charge in [-0.15, -0.1) is 0 Å². The maximum atomic E-state index is 12.6. The van der Waals surface area contributed by atoms with Gasteiger partial charge in [0.25, 0.3) is 0 Å². The van der Waals surface area contributed by atoms with Gasteiger partial charge in [0, 0.05) is 23.8 Å². The van der Waals surface area contributed by atoms with Crippen LogP contribution in [0.5, 0.6) is 0 Å². The molecule has 4 N–H and O–H groups in total. The molecule has 10 nitrogen and oxygen atoms in total. The van der Waals surface area contributed by atoms with Gasteiger partial charge in [-0.25, -0.2) is 4.79 Å². The molecule has 1 heterocycles. The minimum absolute atomic E-state index is 0.0225. The summed E-state index contributed by atoms with van der Waals surface area (Å²) in [5.74, 6) is -1.64. The number of aliphatic hydroxyl groups is 4. The van der Waals surface area contributed by atoms with Crippen molar-refractivity contribution in [2.24, 2.45) is 23.2 Å². The highest BCUT2D eigenvalue weighted by Crippen LogP contribution is 2.57. The summed E-state index contributed by atoms with van der Waals surface area (Å²) >= 11 is 0. The molecule has 0 bridgehead atoms. The predicted molar refractivity (Wildman–Crippen MR) is 137 cm³/mol. The van der Waals surface area contributed by atoms with Crippen LogP contribution in [-0.4, -0.2) is 87.5 Å². The highest BCUT2D eigenvalue weighted by atomic mass is 16.7. The molecule has 0 spiro atoms. The van der Waals surface area contributed by atoms with Gasteiger partial charge in [0.1, 0.15) is 24.9 Å². The van der Waals surface area contributed by atoms with Crippen LogP contribution in [0, 0.1) is 23.2 Å². The first kappa shape index (κ1) is 31.0. The Bertz CT molecular complexity index is 885. The monoisotopic (exact) mass is 542 g/mol. The van der Waals surface area contributed by atoms with Crippen molar-refractivity contribution in [3.63, 3.8) is 0 Å². The van der Waals surface area contributed by atoms with Crippen LogP contribution >= 0.6 is 0 Å². The highest BCUT2D eigenvalue weighted by molar-refractivity contribution is 5.87. The fraction of sp³-hybridized carbons (Fsp3) is 0.857. The second-order valence-electron chi connectivity index (χ2n) is 12.1. The van der Waals surface area contributed by atoms with Crippen LogP contribution in [0.2, 0.25) is 0 Å². The van der Waals surface area contributed by atoms with Gasteiger partial charge >= 0.3 is 11.9 Å². The van der Waals surface area contributed by atoms with Gasteiger partial charge in [0.05, 0.1) is 17.8 Å². The van der Waals surface area contributed by atoms with E-state index in [1.54, 1.807) is 26.8 Å². The van der Waals surface area contributed by atoms with E-state index in [0.717, 1.165) is 6.42 Å². The van der Waals surface area contributed by atoms with Crippen LogP contribution < -0.4 is 0 Å². The Balaban J connectivity index is 1.97. The van der Waals surface area contributed by atoms with E-state index in [9.17, 15) is 30.0 Å². The van der Waals surface area contributed by atoms with Crippen molar-refractivity contribution in [2.75, 3.05) is 6.61 Å². The summed E-state index contributed by atoms with van der Waals surface area (Å²) in [5, 5.41) is 44.8. The third-order valence-electron chi connectivity index (χ3n) is 9.07. The van der Waals surface area contributed by atoms with Crippen molar-refractivity contribution in [3.05, 3.63) is 11.6 Å². The van der Waals surface area contributed by atoms with Crippen LogP contribution in [0.15, 0.2) is 11.6 Å². The van der Waals surface area contributed by atoms with E-state index in [4.69, 9.17) is 18.9 Å². The third kappa shape index (κ3) is 6.10. The lowest BCUT2D eigenvalue weighted by atomic mass is 9.50. The quantitative estimate of drug-likeness (QED) is 0.277. The molecule has 0 radical (unpaired) electrons. The Morgan fingerprint density at radius 3 is 2.29 bits per heavy atom. The summed E-state index contributed by atoms with van der Waals surface area (Å²) in [6, 6.07) is 0. The Morgan fingerprint density at radius 2 is 1.71 bits per heavy atom. The number of carbonyl (C=O) groups is 2. The molecule has 10 heteroatoms. The molecule has 0 aromatic carbocycles. The zero-order valence-electron chi connectivity index (χ0n) is 23.6. The fourth-order valence-corrected chi connectivity index (χ4v) is 6.64. The number of hydrogen-bond acceptors (Lipinski definition) is 10. The Labute approximate surface area is 225 Å². The second-order valence-corrected chi connectivity index (χ2v) is 12.1. The average molecular weight is 543 g/mol. The third-order valence-corrected chi connectivity index (χ3v) is 9.07. The van der Waals surface area contributed by atoms with Gasteiger partial charge < -0.3 is 39.4 Å². The van der Waals surface area contributed by atoms with E-state index in [0.29, 0.717) is 24.8 Å². The highest BCUT2D eigenvalue weighted by Gasteiger charge is 2.61. The maximum Gasteiger partial charge on any atom is 0.333 e. The standard InChI is InChI=1S/C28H46O10/c1-8-15(4)25(33)37-23-20(31)18(13-35-16(5)29)36-26(21(23)32)38-22-17(14(2)3)9-11-27(6)19(30)10-12-28(7,34)24(22)27/h8,14,17-24,26,30-32,34H,9-13H2,1-7H3. The molecule has 11 atom stereocenters. The molecule has 11 unspecified atom stereocenters. The molecule has 1 saturated heterocycles. The molecule has 3 aliphatic rings. The van der Waals surface area contributed by atoms with Crippen LogP contribution in [-0.2, 0) is 28.5 Å². The molecule has 2 aliphatic carbocycles. The molecular weight excluding hydrogens is 496 g/mol. The largest absolute Gasteiger partial charge is 0.463 e. The number of carbonyl (C=O) groups excluding carboxylic acids is 2. The first-order valence-corrected chi connectivity index (χ1v) is 13.7. The van der Waals surface area contributed by atoms with Gasteiger partial charge in [-0.3, -0.25) is 4.79 Å². The number of hydrogen-bond donors (Lipinski definition) is 4. The number of ether oxygens (including phenoxy) is 4. The topological polar surface area (TPSA) is 152 Å². The first-order chi connectivity index (χ1) is 17.6. The zero-order chi connectivity index (χ0) is 28.6. The van der Waals surface area contributed by atoms with Crippen LogP contribution in [0.25, 0.3) is 0 Å². The van der Waals surface area contributed by atoms with Gasteiger partial charge in [0.15, 0.2) is 12.4 Å². The number of esters is 2. The first-order valence-electron chi connectivity index (χ1n) is 13.7. The van der Waals surface area contributed by atoms with E-state index in [1.165, 1.54) is 6.92 Å².